The highest BCUT2D eigenvalue weighted by molar-refractivity contribution is 5.73. The molecular formula is C82H88N4O4. The van der Waals surface area contributed by atoms with E-state index >= 15 is 0 Å². The van der Waals surface area contributed by atoms with E-state index in [4.69, 9.17) is 38.9 Å². The minimum atomic E-state index is 0.396. The molecule has 6 aliphatic heterocycles. The Balaban J connectivity index is 1.05. The third kappa shape index (κ3) is 21.4. The molecule has 0 spiro atoms. The van der Waals surface area contributed by atoms with Gasteiger partial charge in [0.05, 0.1) is 62.0 Å². The fourth-order valence-corrected chi connectivity index (χ4v) is 10.9. The number of aromatic nitrogens is 4. The second-order valence-corrected chi connectivity index (χ2v) is 23.4. The van der Waals surface area contributed by atoms with E-state index in [2.05, 4.69) is 172 Å². The maximum atomic E-state index is 6.22. The summed E-state index contributed by atoms with van der Waals surface area (Å²) in [5.74, 6) is 27.3. The van der Waals surface area contributed by atoms with Crippen LogP contribution >= 0.6 is 0 Å². The quantitative estimate of drug-likeness (QED) is 0.0354. The van der Waals surface area contributed by atoms with Crippen LogP contribution in [0.15, 0.2) is 146 Å². The van der Waals surface area contributed by atoms with E-state index in [9.17, 15) is 0 Å². The summed E-state index contributed by atoms with van der Waals surface area (Å²) in [6.45, 7) is 13.8. The average Bonchev–Trinajstić information content (AvgIpc) is 1.44. The topological polar surface area (TPSA) is 88.5 Å². The molecule has 0 N–H and O–H groups in total. The van der Waals surface area contributed by atoms with E-state index in [0.717, 1.165) is 164 Å². The summed E-state index contributed by atoms with van der Waals surface area (Å²) in [5, 5.41) is 0. The van der Waals surface area contributed by atoms with Crippen LogP contribution < -0.4 is 0 Å². The highest BCUT2D eigenvalue weighted by atomic mass is 16.5. The molecule has 15 rings (SSSR count). The molecule has 90 heavy (non-hydrogen) atoms. The number of nitrogens with zero attached hydrogens (tertiary/aromatic N) is 4. The maximum Gasteiger partial charge on any atom is 0.0886 e. The Morgan fingerprint density at radius 1 is 0.278 bits per heavy atom. The Morgan fingerprint density at radius 2 is 0.522 bits per heavy atom. The van der Waals surface area contributed by atoms with E-state index in [-0.39, 0.29) is 0 Å². The van der Waals surface area contributed by atoms with Crippen LogP contribution in [0.5, 0.6) is 0 Å². The Kier molecular flexibility index (Phi) is 27.1. The standard InChI is InChI=1S/C82H88N4O4/c1-5-9-13-23-39-87-59-67-43-63-27-19-17-20-28-64-44-68(60-88-40-24-14-10-6-2)52-76(48-64)73-33-37-81(85-57-73)82-38-34-74(58-86-82)78-50-66(46-70(54-78)62-90-42-26-16-12-8-4)30-22-18-21-29-65-45-69(61-89-41-25-15-11-7-3)53-77(49-65)72-32-36-80(84-56-72)79-35-31-71(55-83-79)75(47-63)51-67/h31-38,43-58H,5-18,23-26,39-42,59-62H2,1-4H3. The average molecular weight is 1190 g/mol. The number of rotatable bonds is 28. The van der Waals surface area contributed by atoms with Crippen molar-refractivity contribution in [1.29, 1.82) is 0 Å². The zero-order chi connectivity index (χ0) is 62.2. The van der Waals surface area contributed by atoms with Crippen molar-refractivity contribution in [2.45, 2.75) is 170 Å². The predicted octanol–water partition coefficient (Wildman–Crippen LogP) is 19.6. The molecular weight excluding hydrogens is 1100 g/mol. The predicted molar refractivity (Wildman–Crippen MR) is 369 cm³/mol. The lowest BCUT2D eigenvalue weighted by Crippen LogP contribution is -1.97. The number of benzene rings is 4. The van der Waals surface area contributed by atoms with E-state index in [1.54, 1.807) is 0 Å². The molecule has 0 saturated carbocycles. The van der Waals surface area contributed by atoms with Crippen LogP contribution in [-0.2, 0) is 45.4 Å². The molecule has 460 valence electrons. The third-order valence-electron chi connectivity index (χ3n) is 15.8. The van der Waals surface area contributed by atoms with Gasteiger partial charge in [-0.3, -0.25) is 19.9 Å². The van der Waals surface area contributed by atoms with Crippen molar-refractivity contribution in [3.63, 3.8) is 0 Å². The van der Waals surface area contributed by atoms with Gasteiger partial charge in [-0.15, -0.1) is 0 Å². The molecule has 0 radical (unpaired) electrons. The molecule has 10 heterocycles. The largest absolute Gasteiger partial charge is 0.377 e. The van der Waals surface area contributed by atoms with Crippen LogP contribution in [0.25, 0.3) is 67.3 Å². The Hall–Kier alpha value is -8.44. The molecule has 8 nitrogen and oxygen atoms in total. The number of pyridine rings is 4. The highest BCUT2D eigenvalue weighted by Gasteiger charge is 2.12. The van der Waals surface area contributed by atoms with Gasteiger partial charge in [-0.25, -0.2) is 0 Å². The summed E-state index contributed by atoms with van der Waals surface area (Å²) >= 11 is 0. The van der Waals surface area contributed by atoms with E-state index in [1.807, 2.05) is 49.1 Å². The molecule has 0 unspecified atom stereocenters. The normalized spacial score (nSPS) is 11.6. The molecule has 8 heteroatoms. The monoisotopic (exact) mass is 1190 g/mol. The molecule has 7 aliphatic rings. The molecule has 16 bridgehead atoms. The summed E-state index contributed by atoms with van der Waals surface area (Å²) in [6.07, 6.45) is 27.0. The first kappa shape index (κ1) is 66.0. The van der Waals surface area contributed by atoms with Gasteiger partial charge in [-0.1, -0.05) is 176 Å². The van der Waals surface area contributed by atoms with Gasteiger partial charge in [0.1, 0.15) is 0 Å². The zero-order valence-electron chi connectivity index (χ0n) is 53.7. The number of unbranched alkanes of at least 4 members (excludes halogenated alkanes) is 12. The minimum Gasteiger partial charge on any atom is -0.377 e. The van der Waals surface area contributed by atoms with Gasteiger partial charge in [0.15, 0.2) is 0 Å². The van der Waals surface area contributed by atoms with Gasteiger partial charge in [-0.05, 0) is 167 Å². The zero-order valence-corrected chi connectivity index (χ0v) is 53.7. The summed E-state index contributed by atoms with van der Waals surface area (Å²) in [5.41, 5.74) is 19.1. The van der Waals surface area contributed by atoms with E-state index < -0.39 is 0 Å². The van der Waals surface area contributed by atoms with Gasteiger partial charge in [0, 0.05) is 95.7 Å². The second-order valence-electron chi connectivity index (χ2n) is 23.4. The van der Waals surface area contributed by atoms with Crippen molar-refractivity contribution in [3.8, 4) is 115 Å². The summed E-state index contributed by atoms with van der Waals surface area (Å²) in [4.78, 5) is 19.8. The smallest absolute Gasteiger partial charge is 0.0886 e. The SMILES string of the molecule is CCCCCCOCc1cc2cc(c1)-c1ccc(nc1)-c1ccc(cn1)-c1cc(cc(COCCCCCC)c1)C#CCC#Cc1cc(COCCCCCC)cc(c1)-c1ccc(nc1)-c1ccc(cn1)-c1cc(cc(COCCCCCC)c1)C#CCC#C2. The first-order valence-electron chi connectivity index (χ1n) is 33.1. The van der Waals surface area contributed by atoms with Crippen LogP contribution in [-0.4, -0.2) is 46.4 Å². The van der Waals surface area contributed by atoms with Crippen LogP contribution in [0.2, 0.25) is 0 Å². The fourth-order valence-electron chi connectivity index (χ4n) is 10.9. The Morgan fingerprint density at radius 3 is 0.733 bits per heavy atom. The summed E-state index contributed by atoms with van der Waals surface area (Å²) in [7, 11) is 0. The van der Waals surface area contributed by atoms with Crippen molar-refractivity contribution < 1.29 is 18.9 Å². The minimum absolute atomic E-state index is 0.396. The molecule has 4 aromatic heterocycles. The van der Waals surface area contributed by atoms with Crippen LogP contribution in [0.4, 0.5) is 0 Å². The van der Waals surface area contributed by atoms with E-state index in [0.29, 0.717) is 39.3 Å². The van der Waals surface area contributed by atoms with Gasteiger partial charge in [-0.2, -0.15) is 0 Å². The molecule has 4 aromatic carbocycles. The lowest BCUT2D eigenvalue weighted by Gasteiger charge is -2.10. The van der Waals surface area contributed by atoms with Crippen LogP contribution in [0.1, 0.15) is 188 Å². The van der Waals surface area contributed by atoms with Gasteiger partial charge in [0.25, 0.3) is 0 Å². The fraction of sp³-hybridized carbons (Fsp3) is 0.366. The summed E-state index contributed by atoms with van der Waals surface area (Å²) < 4.78 is 24.9. The van der Waals surface area contributed by atoms with Crippen molar-refractivity contribution in [3.05, 3.63) is 191 Å². The summed E-state index contributed by atoms with van der Waals surface area (Å²) in [6, 6.07) is 42.4. The van der Waals surface area contributed by atoms with Gasteiger partial charge >= 0.3 is 0 Å². The van der Waals surface area contributed by atoms with Crippen molar-refractivity contribution in [2.24, 2.45) is 0 Å². The third-order valence-corrected chi connectivity index (χ3v) is 15.8. The number of ether oxygens (including phenoxy) is 4. The second kappa shape index (κ2) is 36.9. The number of hydrogen-bond acceptors (Lipinski definition) is 8. The Bertz CT molecular complexity index is 3300. The molecule has 8 aromatic rings. The first-order chi connectivity index (χ1) is 44.4. The maximum absolute atomic E-state index is 6.22. The van der Waals surface area contributed by atoms with Gasteiger partial charge in [0.2, 0.25) is 0 Å². The molecule has 0 saturated heterocycles. The highest BCUT2D eigenvalue weighted by Crippen LogP contribution is 2.30. The van der Waals surface area contributed by atoms with Crippen molar-refractivity contribution in [2.75, 3.05) is 26.4 Å². The lowest BCUT2D eigenvalue weighted by molar-refractivity contribution is 0.117. The van der Waals surface area contributed by atoms with Crippen molar-refractivity contribution in [1.82, 2.24) is 19.9 Å². The van der Waals surface area contributed by atoms with Crippen LogP contribution in [0.3, 0.4) is 0 Å². The van der Waals surface area contributed by atoms with Gasteiger partial charge < -0.3 is 18.9 Å². The Labute approximate surface area is 537 Å². The molecule has 1 aliphatic carbocycles. The van der Waals surface area contributed by atoms with E-state index in [1.165, 1.54) is 77.0 Å². The first-order valence-corrected chi connectivity index (χ1v) is 33.1. The number of hydrogen-bond donors (Lipinski definition) is 0. The van der Waals surface area contributed by atoms with Crippen LogP contribution in [0, 0.1) is 47.4 Å². The molecule has 0 amide bonds. The van der Waals surface area contributed by atoms with Crippen molar-refractivity contribution >= 4 is 0 Å². The molecule has 0 atom stereocenters. The molecule has 0 fully saturated rings. The lowest BCUT2D eigenvalue weighted by atomic mass is 9.99.